The number of hydrogen-bond acceptors (Lipinski definition) is 7. The van der Waals surface area contributed by atoms with Crippen LogP contribution in [0.5, 0.6) is 0 Å². The number of carbonyl (C=O) groups is 1. The van der Waals surface area contributed by atoms with Crippen molar-refractivity contribution in [2.24, 2.45) is 5.10 Å². The number of thioether (sulfide) groups is 1. The standard InChI is InChI=1S/C19H17F2N7OS/c20-14-8-9-16(15(21)11-14)24-17(29)12-30-19-27-26-18(28(19)22)25-23-10-4-7-13-5-2-1-3-6-13/h1-11H,12,22H2,(H,24,29)(H,25,26)/b7-4+,23-10+. The van der Waals surface area contributed by atoms with Gasteiger partial charge in [0.05, 0.1) is 11.4 Å². The topological polar surface area (TPSA) is 110 Å². The van der Waals surface area contributed by atoms with Gasteiger partial charge in [0.2, 0.25) is 11.1 Å². The Morgan fingerprint density at radius 3 is 2.77 bits per heavy atom. The van der Waals surface area contributed by atoms with Crippen molar-refractivity contribution in [3.05, 3.63) is 71.8 Å². The lowest BCUT2D eigenvalue weighted by atomic mass is 10.2. The average Bonchev–Trinajstić information content (AvgIpc) is 3.09. The van der Waals surface area contributed by atoms with E-state index in [0.29, 0.717) is 6.07 Å². The van der Waals surface area contributed by atoms with E-state index in [1.165, 1.54) is 6.21 Å². The van der Waals surface area contributed by atoms with Crippen LogP contribution in [0.15, 0.2) is 64.9 Å². The molecule has 0 aliphatic carbocycles. The van der Waals surface area contributed by atoms with Gasteiger partial charge in [-0.2, -0.15) is 5.10 Å². The van der Waals surface area contributed by atoms with Gasteiger partial charge in [0.15, 0.2) is 0 Å². The Hall–Kier alpha value is -3.73. The van der Waals surface area contributed by atoms with Crippen molar-refractivity contribution in [2.75, 3.05) is 22.3 Å². The Morgan fingerprint density at radius 2 is 2.00 bits per heavy atom. The lowest BCUT2D eigenvalue weighted by molar-refractivity contribution is -0.113. The summed E-state index contributed by atoms with van der Waals surface area (Å²) in [6.45, 7) is 0. The summed E-state index contributed by atoms with van der Waals surface area (Å²) < 4.78 is 27.6. The molecule has 154 valence electrons. The van der Waals surface area contributed by atoms with Gasteiger partial charge in [0.1, 0.15) is 11.6 Å². The SMILES string of the molecule is Nn1c(N/N=C/C=C/c2ccccc2)nnc1SCC(=O)Nc1ccc(F)cc1F. The van der Waals surface area contributed by atoms with Crippen molar-refractivity contribution in [2.45, 2.75) is 5.16 Å². The molecule has 0 fully saturated rings. The zero-order valence-electron chi connectivity index (χ0n) is 15.5. The minimum Gasteiger partial charge on any atom is -0.334 e. The molecule has 1 heterocycles. The number of allylic oxidation sites excluding steroid dienone is 1. The molecule has 30 heavy (non-hydrogen) atoms. The van der Waals surface area contributed by atoms with Crippen LogP contribution < -0.4 is 16.6 Å². The number of nitrogens with two attached hydrogens (primary N) is 1. The van der Waals surface area contributed by atoms with Gasteiger partial charge in [-0.05, 0) is 23.8 Å². The normalized spacial score (nSPS) is 11.3. The average molecular weight is 429 g/mol. The summed E-state index contributed by atoms with van der Waals surface area (Å²) in [6, 6.07) is 12.6. The van der Waals surface area contributed by atoms with Crippen LogP contribution in [0.3, 0.4) is 0 Å². The van der Waals surface area contributed by atoms with Gasteiger partial charge in [0.25, 0.3) is 5.95 Å². The molecule has 0 bridgehead atoms. The lowest BCUT2D eigenvalue weighted by Crippen LogP contribution is -2.17. The molecule has 0 spiro atoms. The molecule has 0 atom stereocenters. The zero-order valence-corrected chi connectivity index (χ0v) is 16.3. The quantitative estimate of drug-likeness (QED) is 0.220. The van der Waals surface area contributed by atoms with Crippen molar-refractivity contribution in [1.29, 1.82) is 0 Å². The molecule has 0 aliphatic rings. The first-order valence-electron chi connectivity index (χ1n) is 8.62. The third-order valence-electron chi connectivity index (χ3n) is 3.62. The molecular formula is C19H17F2N7OS. The molecule has 3 rings (SSSR count). The van der Waals surface area contributed by atoms with E-state index in [1.807, 2.05) is 36.4 Å². The molecule has 2 aromatic carbocycles. The van der Waals surface area contributed by atoms with Gasteiger partial charge in [-0.25, -0.2) is 18.9 Å². The Bertz CT molecular complexity index is 1070. The number of amides is 1. The van der Waals surface area contributed by atoms with E-state index < -0.39 is 17.5 Å². The number of anilines is 2. The van der Waals surface area contributed by atoms with Gasteiger partial charge >= 0.3 is 0 Å². The maximum Gasteiger partial charge on any atom is 0.264 e. The van der Waals surface area contributed by atoms with Crippen molar-refractivity contribution >= 4 is 41.6 Å². The van der Waals surface area contributed by atoms with Crippen molar-refractivity contribution < 1.29 is 13.6 Å². The van der Waals surface area contributed by atoms with Crippen LogP contribution in [0.1, 0.15) is 5.56 Å². The number of nitrogens with one attached hydrogen (secondary N) is 2. The van der Waals surface area contributed by atoms with Gasteiger partial charge < -0.3 is 11.2 Å². The molecule has 1 aromatic heterocycles. The fourth-order valence-electron chi connectivity index (χ4n) is 2.22. The number of aromatic nitrogens is 3. The lowest BCUT2D eigenvalue weighted by Gasteiger charge is -2.06. The largest absolute Gasteiger partial charge is 0.334 e. The molecule has 0 saturated carbocycles. The number of benzene rings is 2. The summed E-state index contributed by atoms with van der Waals surface area (Å²) in [4.78, 5) is 12.0. The van der Waals surface area contributed by atoms with Gasteiger partial charge in [0, 0.05) is 12.3 Å². The molecule has 0 unspecified atom stereocenters. The third kappa shape index (κ3) is 5.88. The fraction of sp³-hybridized carbons (Fsp3) is 0.0526. The maximum atomic E-state index is 13.6. The van der Waals surface area contributed by atoms with E-state index in [9.17, 15) is 13.6 Å². The molecule has 3 aromatic rings. The molecule has 8 nitrogen and oxygen atoms in total. The van der Waals surface area contributed by atoms with E-state index in [-0.39, 0.29) is 22.5 Å². The highest BCUT2D eigenvalue weighted by Gasteiger charge is 2.13. The van der Waals surface area contributed by atoms with Crippen LogP contribution in [0, 0.1) is 11.6 Å². The summed E-state index contributed by atoms with van der Waals surface area (Å²) in [6.07, 6.45) is 5.15. The summed E-state index contributed by atoms with van der Waals surface area (Å²) in [7, 11) is 0. The Kier molecular flexibility index (Phi) is 7.11. The van der Waals surface area contributed by atoms with Crippen LogP contribution in [0.2, 0.25) is 0 Å². The van der Waals surface area contributed by atoms with Crippen molar-refractivity contribution in [1.82, 2.24) is 14.9 Å². The predicted molar refractivity (Wildman–Crippen MR) is 113 cm³/mol. The highest BCUT2D eigenvalue weighted by Crippen LogP contribution is 2.19. The van der Waals surface area contributed by atoms with Crippen LogP contribution in [-0.2, 0) is 4.79 Å². The summed E-state index contributed by atoms with van der Waals surface area (Å²) >= 11 is 0.995. The first-order chi connectivity index (χ1) is 14.5. The Balaban J connectivity index is 1.49. The number of hydrogen-bond donors (Lipinski definition) is 3. The molecule has 4 N–H and O–H groups in total. The molecule has 0 aliphatic heterocycles. The second-order valence-corrected chi connectivity index (χ2v) is 6.74. The first kappa shape index (κ1) is 21.0. The smallest absolute Gasteiger partial charge is 0.264 e. The molecule has 11 heteroatoms. The van der Waals surface area contributed by atoms with Crippen LogP contribution in [0.25, 0.3) is 6.08 Å². The predicted octanol–water partition coefficient (Wildman–Crippen LogP) is 3.11. The number of carbonyl (C=O) groups excluding carboxylic acids is 1. The van der Waals surface area contributed by atoms with Gasteiger partial charge in [-0.1, -0.05) is 48.2 Å². The second-order valence-electron chi connectivity index (χ2n) is 5.80. The van der Waals surface area contributed by atoms with E-state index in [2.05, 4.69) is 26.0 Å². The van der Waals surface area contributed by atoms with Gasteiger partial charge in [-0.15, -0.1) is 10.2 Å². The van der Waals surface area contributed by atoms with Crippen LogP contribution >= 0.6 is 11.8 Å². The fourth-order valence-corrected chi connectivity index (χ4v) is 2.87. The van der Waals surface area contributed by atoms with Crippen LogP contribution in [0.4, 0.5) is 20.4 Å². The van der Waals surface area contributed by atoms with E-state index >= 15 is 0 Å². The first-order valence-corrected chi connectivity index (χ1v) is 9.60. The number of halogens is 2. The maximum absolute atomic E-state index is 13.6. The zero-order chi connectivity index (χ0) is 21.3. The minimum absolute atomic E-state index is 0.102. The van der Waals surface area contributed by atoms with Crippen molar-refractivity contribution in [3.8, 4) is 0 Å². The van der Waals surface area contributed by atoms with E-state index in [1.54, 1.807) is 6.08 Å². The minimum atomic E-state index is -0.860. The number of rotatable bonds is 8. The van der Waals surface area contributed by atoms with Gasteiger partial charge in [-0.3, -0.25) is 4.79 Å². The summed E-state index contributed by atoms with van der Waals surface area (Å²) in [5, 5.41) is 14.3. The second kappa shape index (κ2) is 10.2. The Morgan fingerprint density at radius 1 is 1.20 bits per heavy atom. The van der Waals surface area contributed by atoms with E-state index in [4.69, 9.17) is 5.84 Å². The number of nitrogen functional groups attached to an aromatic ring is 1. The highest BCUT2D eigenvalue weighted by atomic mass is 32.2. The monoisotopic (exact) mass is 429 g/mol. The summed E-state index contributed by atoms with van der Waals surface area (Å²) in [5.74, 6) is 3.85. The third-order valence-corrected chi connectivity index (χ3v) is 4.56. The van der Waals surface area contributed by atoms with Crippen LogP contribution in [-0.4, -0.2) is 32.7 Å². The Labute approximate surface area is 174 Å². The molecular weight excluding hydrogens is 412 g/mol. The number of nitrogens with zero attached hydrogens (tertiary/aromatic N) is 4. The molecule has 0 saturated heterocycles. The molecule has 0 radical (unpaired) electrons. The highest BCUT2D eigenvalue weighted by molar-refractivity contribution is 7.99. The summed E-state index contributed by atoms with van der Waals surface area (Å²) in [5.41, 5.74) is 3.56. The van der Waals surface area contributed by atoms with E-state index in [0.717, 1.165) is 34.1 Å². The van der Waals surface area contributed by atoms with Crippen molar-refractivity contribution in [3.63, 3.8) is 0 Å². The number of hydrazone groups is 1. The molecule has 1 amide bonds.